The highest BCUT2D eigenvalue weighted by molar-refractivity contribution is 6.30. The van der Waals surface area contributed by atoms with Gasteiger partial charge in [-0.25, -0.2) is 13.8 Å². The average molecular weight is 313 g/mol. The Morgan fingerprint density at radius 3 is 2.67 bits per heavy atom. The van der Waals surface area contributed by atoms with Crippen molar-refractivity contribution in [2.45, 2.75) is 45.1 Å². The smallest absolute Gasteiger partial charge is 0.269 e. The van der Waals surface area contributed by atoms with E-state index < -0.39 is 17.5 Å². The minimum Gasteiger partial charge on any atom is -0.305 e. The first-order valence-electron chi connectivity index (χ1n) is 6.99. The Morgan fingerprint density at radius 2 is 2.05 bits per heavy atom. The summed E-state index contributed by atoms with van der Waals surface area (Å²) < 4.78 is 28.1. The maximum absolute atomic E-state index is 13.3. The van der Waals surface area contributed by atoms with Crippen LogP contribution in [0.1, 0.15) is 49.3 Å². The van der Waals surface area contributed by atoms with E-state index in [9.17, 15) is 13.6 Å². The summed E-state index contributed by atoms with van der Waals surface area (Å²) in [6.07, 6.45) is 2.38. The van der Waals surface area contributed by atoms with Crippen LogP contribution in [0, 0.1) is 6.92 Å². The molecule has 0 aliphatic heterocycles. The molecule has 0 unspecified atom stereocenters. The zero-order valence-corrected chi connectivity index (χ0v) is 12.3. The predicted octanol–water partition coefficient (Wildman–Crippen LogP) is 4.41. The fourth-order valence-corrected chi connectivity index (χ4v) is 3.39. The molecule has 3 nitrogen and oxygen atoms in total. The normalized spacial score (nSPS) is 16.2. The van der Waals surface area contributed by atoms with Gasteiger partial charge in [0.05, 0.1) is 11.1 Å². The molecule has 0 atom stereocenters. The van der Waals surface area contributed by atoms with Crippen LogP contribution in [0.3, 0.4) is 0 Å². The molecular formula is C15H15ClF2N2O. The maximum atomic E-state index is 13.3. The summed E-state index contributed by atoms with van der Waals surface area (Å²) in [5, 5.41) is 0.832. The van der Waals surface area contributed by atoms with Crippen molar-refractivity contribution in [1.29, 1.82) is 0 Å². The molecule has 0 saturated heterocycles. The van der Waals surface area contributed by atoms with Gasteiger partial charge >= 0.3 is 0 Å². The molecule has 2 heterocycles. The van der Waals surface area contributed by atoms with Crippen LogP contribution in [0.5, 0.6) is 0 Å². The van der Waals surface area contributed by atoms with E-state index in [0.717, 1.165) is 25.7 Å². The Bertz CT molecular complexity index is 751. The molecule has 112 valence electrons. The topological polar surface area (TPSA) is 34.9 Å². The molecular weight excluding hydrogens is 298 g/mol. The second-order valence-corrected chi connectivity index (χ2v) is 5.86. The molecule has 1 saturated carbocycles. The van der Waals surface area contributed by atoms with E-state index in [-0.39, 0.29) is 11.2 Å². The molecule has 1 fully saturated rings. The molecule has 6 heteroatoms. The van der Waals surface area contributed by atoms with Gasteiger partial charge in [-0.05, 0) is 31.4 Å². The fraction of sp³-hybridized carbons (Fsp3) is 0.467. The van der Waals surface area contributed by atoms with Crippen molar-refractivity contribution in [2.75, 3.05) is 0 Å². The summed E-state index contributed by atoms with van der Waals surface area (Å²) in [6.45, 7) is 1.54. The molecule has 2 aromatic heterocycles. The first-order valence-corrected chi connectivity index (χ1v) is 7.37. The molecule has 2 aromatic rings. The van der Waals surface area contributed by atoms with Crippen molar-refractivity contribution in [2.24, 2.45) is 0 Å². The molecule has 21 heavy (non-hydrogen) atoms. The molecule has 0 bridgehead atoms. The lowest BCUT2D eigenvalue weighted by Gasteiger charge is -2.20. The Balaban J connectivity index is 2.41. The zero-order chi connectivity index (χ0) is 15.1. The molecule has 0 spiro atoms. The van der Waals surface area contributed by atoms with Gasteiger partial charge in [-0.3, -0.25) is 4.79 Å². The van der Waals surface area contributed by atoms with Gasteiger partial charge in [-0.15, -0.1) is 0 Å². The summed E-state index contributed by atoms with van der Waals surface area (Å²) in [5.74, 6) is 0. The van der Waals surface area contributed by atoms with E-state index in [4.69, 9.17) is 11.6 Å². The van der Waals surface area contributed by atoms with Crippen molar-refractivity contribution in [3.8, 4) is 0 Å². The molecule has 0 radical (unpaired) electrons. The number of hydrogen-bond donors (Lipinski definition) is 0. The highest BCUT2D eigenvalue weighted by Gasteiger charge is 2.26. The van der Waals surface area contributed by atoms with Crippen LogP contribution in [-0.4, -0.2) is 9.55 Å². The number of alkyl halides is 2. The SMILES string of the molecule is Cc1c(C(F)F)c(=O)n(C2CCCC2)c2cc(Cl)ncc12. The van der Waals surface area contributed by atoms with Crippen molar-refractivity contribution < 1.29 is 8.78 Å². The number of aryl methyl sites for hydroxylation is 1. The van der Waals surface area contributed by atoms with Crippen LogP contribution in [0.4, 0.5) is 8.78 Å². The van der Waals surface area contributed by atoms with Crippen LogP contribution in [0.15, 0.2) is 17.1 Å². The van der Waals surface area contributed by atoms with Crippen molar-refractivity contribution in [1.82, 2.24) is 9.55 Å². The maximum Gasteiger partial charge on any atom is 0.269 e. The van der Waals surface area contributed by atoms with Crippen LogP contribution in [0.2, 0.25) is 5.15 Å². The Kier molecular flexibility index (Phi) is 3.69. The van der Waals surface area contributed by atoms with Crippen molar-refractivity contribution >= 4 is 22.5 Å². The summed E-state index contributed by atoms with van der Waals surface area (Å²) in [5.41, 5.74) is -0.111. The third kappa shape index (κ3) is 2.33. The Morgan fingerprint density at radius 1 is 1.38 bits per heavy atom. The lowest BCUT2D eigenvalue weighted by molar-refractivity contribution is 0.148. The average Bonchev–Trinajstić information content (AvgIpc) is 2.91. The van der Waals surface area contributed by atoms with Gasteiger partial charge in [-0.2, -0.15) is 0 Å². The Hall–Kier alpha value is -1.49. The van der Waals surface area contributed by atoms with Crippen molar-refractivity contribution in [3.05, 3.63) is 38.9 Å². The number of hydrogen-bond acceptors (Lipinski definition) is 2. The fourth-order valence-electron chi connectivity index (χ4n) is 3.24. The Labute approximate surface area is 125 Å². The highest BCUT2D eigenvalue weighted by atomic mass is 35.5. The summed E-state index contributed by atoms with van der Waals surface area (Å²) in [6, 6.07) is 1.57. The van der Waals surface area contributed by atoms with Gasteiger partial charge in [0.1, 0.15) is 5.15 Å². The standard InChI is InChI=1S/C15H15ClF2N2O/c1-8-10-7-19-12(16)6-11(10)20(9-4-2-3-5-9)15(21)13(8)14(17)18/h6-7,9,14H,2-5H2,1H3. The molecule has 1 aliphatic rings. The first-order chi connectivity index (χ1) is 10.0. The lowest BCUT2D eigenvalue weighted by Crippen LogP contribution is -2.28. The third-order valence-electron chi connectivity index (χ3n) is 4.27. The summed E-state index contributed by atoms with van der Waals surface area (Å²) in [4.78, 5) is 16.5. The number of halogens is 3. The van der Waals surface area contributed by atoms with Gasteiger partial charge < -0.3 is 4.57 Å². The van der Waals surface area contributed by atoms with Crippen molar-refractivity contribution in [3.63, 3.8) is 0 Å². The second-order valence-electron chi connectivity index (χ2n) is 5.48. The first kappa shape index (κ1) is 14.4. The monoisotopic (exact) mass is 312 g/mol. The van der Waals surface area contributed by atoms with Gasteiger partial charge in [0.15, 0.2) is 0 Å². The number of rotatable bonds is 2. The molecule has 0 aromatic carbocycles. The largest absolute Gasteiger partial charge is 0.305 e. The zero-order valence-electron chi connectivity index (χ0n) is 11.6. The number of nitrogens with zero attached hydrogens (tertiary/aromatic N) is 2. The van der Waals surface area contributed by atoms with Crippen LogP contribution in [-0.2, 0) is 0 Å². The van der Waals surface area contributed by atoms with E-state index in [1.807, 2.05) is 0 Å². The summed E-state index contributed by atoms with van der Waals surface area (Å²) >= 11 is 5.93. The van der Waals surface area contributed by atoms with Crippen LogP contribution >= 0.6 is 11.6 Å². The van der Waals surface area contributed by atoms with Gasteiger partial charge in [0, 0.05) is 17.6 Å². The quantitative estimate of drug-likeness (QED) is 0.770. The van der Waals surface area contributed by atoms with E-state index in [0.29, 0.717) is 16.5 Å². The van der Waals surface area contributed by atoms with Crippen LogP contribution in [0.25, 0.3) is 10.9 Å². The summed E-state index contributed by atoms with van der Waals surface area (Å²) in [7, 11) is 0. The lowest BCUT2D eigenvalue weighted by atomic mass is 10.0. The highest BCUT2D eigenvalue weighted by Crippen LogP contribution is 2.34. The minimum absolute atomic E-state index is 0.0310. The number of pyridine rings is 2. The minimum atomic E-state index is -2.79. The number of fused-ring (bicyclic) bond motifs is 1. The molecule has 3 rings (SSSR count). The van der Waals surface area contributed by atoms with Gasteiger partial charge in [-0.1, -0.05) is 24.4 Å². The van der Waals surface area contributed by atoms with Gasteiger partial charge in [0.25, 0.3) is 12.0 Å². The second kappa shape index (κ2) is 5.37. The van der Waals surface area contributed by atoms with Gasteiger partial charge in [0.2, 0.25) is 0 Å². The molecule has 1 aliphatic carbocycles. The predicted molar refractivity (Wildman–Crippen MR) is 78.2 cm³/mol. The third-order valence-corrected chi connectivity index (χ3v) is 4.48. The molecule has 0 amide bonds. The van der Waals surface area contributed by atoms with E-state index in [2.05, 4.69) is 4.98 Å². The van der Waals surface area contributed by atoms with E-state index in [1.165, 1.54) is 10.8 Å². The molecule has 0 N–H and O–H groups in total. The van der Waals surface area contributed by atoms with E-state index in [1.54, 1.807) is 13.0 Å². The van der Waals surface area contributed by atoms with Crippen LogP contribution < -0.4 is 5.56 Å². The number of aromatic nitrogens is 2. The van der Waals surface area contributed by atoms with E-state index >= 15 is 0 Å².